The Balaban J connectivity index is 1.96. The summed E-state index contributed by atoms with van der Waals surface area (Å²) in [6, 6.07) is 0. The van der Waals surface area contributed by atoms with E-state index in [2.05, 4.69) is 5.32 Å². The molecule has 1 aliphatic carbocycles. The minimum absolute atomic E-state index is 0.335. The van der Waals surface area contributed by atoms with Gasteiger partial charge in [0, 0.05) is 18.2 Å². The lowest BCUT2D eigenvalue weighted by molar-refractivity contribution is -0.117. The second-order valence-corrected chi connectivity index (χ2v) is 6.33. The molecule has 0 aliphatic heterocycles. The van der Waals surface area contributed by atoms with Crippen molar-refractivity contribution in [1.29, 1.82) is 0 Å². The molecule has 98 valence electrons. The average Bonchev–Trinajstić information content (AvgIpc) is 2.96. The molecule has 0 saturated heterocycles. The number of hydrogen-bond acceptors (Lipinski definition) is 4. The van der Waals surface area contributed by atoms with Crippen molar-refractivity contribution < 1.29 is 14.3 Å². The summed E-state index contributed by atoms with van der Waals surface area (Å²) in [5.41, 5.74) is -0.459. The summed E-state index contributed by atoms with van der Waals surface area (Å²) in [7, 11) is 0. The molecule has 1 N–H and O–H groups in total. The molecule has 4 nitrogen and oxygen atoms in total. The van der Waals surface area contributed by atoms with Gasteiger partial charge >= 0.3 is 6.09 Å². The molecule has 0 aromatic heterocycles. The van der Waals surface area contributed by atoms with E-state index in [4.69, 9.17) is 4.74 Å². The maximum Gasteiger partial charge on any atom is 0.407 e. The molecule has 0 unspecified atom stereocenters. The van der Waals surface area contributed by atoms with Crippen molar-refractivity contribution >= 4 is 23.6 Å². The van der Waals surface area contributed by atoms with Gasteiger partial charge in [-0.25, -0.2) is 4.79 Å². The smallest absolute Gasteiger partial charge is 0.407 e. The van der Waals surface area contributed by atoms with Crippen LogP contribution in [0, 0.1) is 5.92 Å². The fourth-order valence-corrected chi connectivity index (χ4v) is 2.06. The molecule has 1 rings (SSSR count). The Morgan fingerprint density at radius 1 is 1.35 bits per heavy atom. The number of ketones is 1. The molecule has 1 aliphatic rings. The third kappa shape index (κ3) is 7.26. The summed E-state index contributed by atoms with van der Waals surface area (Å²) in [6.45, 7) is 6.03. The van der Waals surface area contributed by atoms with Crippen LogP contribution in [0.1, 0.15) is 33.6 Å². The van der Waals surface area contributed by atoms with Gasteiger partial charge in [-0.3, -0.25) is 4.79 Å². The zero-order valence-electron chi connectivity index (χ0n) is 10.7. The van der Waals surface area contributed by atoms with Gasteiger partial charge in [-0.15, -0.1) is 0 Å². The Labute approximate surface area is 107 Å². The first-order chi connectivity index (χ1) is 7.88. The lowest BCUT2D eigenvalue weighted by Gasteiger charge is -2.19. The first-order valence-electron chi connectivity index (χ1n) is 5.96. The Kier molecular flexibility index (Phi) is 5.31. The van der Waals surface area contributed by atoms with Gasteiger partial charge in [-0.05, 0) is 33.6 Å². The van der Waals surface area contributed by atoms with Gasteiger partial charge in [0.15, 0.2) is 0 Å². The molecular formula is C12H21NO3S. The maximum absolute atomic E-state index is 11.4. The summed E-state index contributed by atoms with van der Waals surface area (Å²) in [5.74, 6) is 2.01. The van der Waals surface area contributed by atoms with Crippen LogP contribution in [0.15, 0.2) is 0 Å². The van der Waals surface area contributed by atoms with Crippen molar-refractivity contribution in [3.63, 3.8) is 0 Å². The van der Waals surface area contributed by atoms with Crippen molar-refractivity contribution in [3.8, 4) is 0 Å². The fraction of sp³-hybridized carbons (Fsp3) is 0.833. The van der Waals surface area contributed by atoms with E-state index in [1.165, 1.54) is 0 Å². The largest absolute Gasteiger partial charge is 0.444 e. The van der Waals surface area contributed by atoms with E-state index in [1.54, 1.807) is 11.8 Å². The number of Topliss-reactive ketones (excluding diaryl/α,β-unsaturated/α-hetero) is 1. The second-order valence-electron chi connectivity index (χ2n) is 5.22. The number of thioether (sulfide) groups is 1. The summed E-state index contributed by atoms with van der Waals surface area (Å²) >= 11 is 1.57. The number of amides is 1. The van der Waals surface area contributed by atoms with Crippen LogP contribution in [0.5, 0.6) is 0 Å². The van der Waals surface area contributed by atoms with Crippen LogP contribution in [-0.4, -0.2) is 35.5 Å². The third-order valence-corrected chi connectivity index (χ3v) is 3.17. The number of nitrogens with one attached hydrogen (secondary N) is 1. The van der Waals surface area contributed by atoms with Gasteiger partial charge < -0.3 is 10.1 Å². The van der Waals surface area contributed by atoms with Crippen molar-refractivity contribution in [2.75, 3.05) is 18.1 Å². The Bertz CT molecular complexity index is 282. The number of alkyl carbamates (subject to hydrolysis) is 1. The van der Waals surface area contributed by atoms with E-state index in [-0.39, 0.29) is 0 Å². The fourth-order valence-electron chi connectivity index (χ4n) is 1.24. The molecule has 0 radical (unpaired) electrons. The molecule has 0 atom stereocenters. The molecule has 17 heavy (non-hydrogen) atoms. The quantitative estimate of drug-likeness (QED) is 0.743. The van der Waals surface area contributed by atoms with E-state index in [0.717, 1.165) is 18.6 Å². The maximum atomic E-state index is 11.4. The molecule has 1 fully saturated rings. The topological polar surface area (TPSA) is 55.4 Å². The van der Waals surface area contributed by atoms with E-state index in [1.807, 2.05) is 20.8 Å². The number of ether oxygens (including phenoxy) is 1. The highest BCUT2D eigenvalue weighted by Crippen LogP contribution is 2.30. The minimum atomic E-state index is -0.459. The van der Waals surface area contributed by atoms with E-state index in [0.29, 0.717) is 24.0 Å². The highest BCUT2D eigenvalue weighted by Gasteiger charge is 2.28. The van der Waals surface area contributed by atoms with Crippen LogP contribution in [0.2, 0.25) is 0 Å². The van der Waals surface area contributed by atoms with Crippen LogP contribution < -0.4 is 5.32 Å². The zero-order chi connectivity index (χ0) is 12.9. The van der Waals surface area contributed by atoms with Gasteiger partial charge in [0.1, 0.15) is 11.4 Å². The highest BCUT2D eigenvalue weighted by molar-refractivity contribution is 7.99. The average molecular weight is 259 g/mol. The summed E-state index contributed by atoms with van der Waals surface area (Å²) in [6.07, 6.45) is 1.73. The second kappa shape index (κ2) is 6.28. The predicted molar refractivity (Wildman–Crippen MR) is 69.3 cm³/mol. The zero-order valence-corrected chi connectivity index (χ0v) is 11.6. The van der Waals surface area contributed by atoms with Crippen molar-refractivity contribution in [3.05, 3.63) is 0 Å². The monoisotopic (exact) mass is 259 g/mol. The Hall–Kier alpha value is -0.710. The van der Waals surface area contributed by atoms with E-state index < -0.39 is 11.7 Å². The highest BCUT2D eigenvalue weighted by atomic mass is 32.2. The van der Waals surface area contributed by atoms with Gasteiger partial charge in [-0.1, -0.05) is 0 Å². The molecule has 0 aromatic carbocycles. The number of carbonyl (C=O) groups excluding carboxylic acids is 2. The molecule has 0 spiro atoms. The molecule has 1 saturated carbocycles. The van der Waals surface area contributed by atoms with Crippen LogP contribution in [0.3, 0.4) is 0 Å². The Morgan fingerprint density at radius 2 is 2.00 bits per heavy atom. The van der Waals surface area contributed by atoms with Crippen LogP contribution in [-0.2, 0) is 9.53 Å². The summed E-state index contributed by atoms with van der Waals surface area (Å²) < 4.78 is 5.09. The van der Waals surface area contributed by atoms with Gasteiger partial charge in [0.05, 0.1) is 5.75 Å². The van der Waals surface area contributed by atoms with Gasteiger partial charge in [-0.2, -0.15) is 11.8 Å². The van der Waals surface area contributed by atoms with Gasteiger partial charge in [0.2, 0.25) is 0 Å². The molecular weight excluding hydrogens is 238 g/mol. The molecule has 5 heteroatoms. The lowest BCUT2D eigenvalue weighted by atomic mass is 10.2. The Morgan fingerprint density at radius 3 is 2.53 bits per heavy atom. The normalized spacial score (nSPS) is 15.5. The predicted octanol–water partition coefficient (Wildman–Crippen LogP) is 2.22. The SMILES string of the molecule is CC(C)(C)OC(=O)NCCSCC(=O)C1CC1. The summed E-state index contributed by atoms with van der Waals surface area (Å²) in [5, 5.41) is 2.66. The standard InChI is InChI=1S/C12H21NO3S/c1-12(2,3)16-11(15)13-6-7-17-8-10(14)9-4-5-9/h9H,4-8H2,1-3H3,(H,13,15). The van der Waals surface area contributed by atoms with Gasteiger partial charge in [0.25, 0.3) is 0 Å². The lowest BCUT2D eigenvalue weighted by Crippen LogP contribution is -2.33. The van der Waals surface area contributed by atoms with E-state index in [9.17, 15) is 9.59 Å². The first-order valence-corrected chi connectivity index (χ1v) is 7.11. The first kappa shape index (κ1) is 14.4. The summed E-state index contributed by atoms with van der Waals surface area (Å²) in [4.78, 5) is 22.6. The molecule has 0 heterocycles. The number of hydrogen-bond donors (Lipinski definition) is 1. The van der Waals surface area contributed by atoms with Crippen LogP contribution in [0.25, 0.3) is 0 Å². The van der Waals surface area contributed by atoms with Crippen molar-refractivity contribution in [2.45, 2.75) is 39.2 Å². The van der Waals surface area contributed by atoms with Crippen LogP contribution >= 0.6 is 11.8 Å². The third-order valence-electron chi connectivity index (χ3n) is 2.19. The molecule has 0 bridgehead atoms. The molecule has 1 amide bonds. The minimum Gasteiger partial charge on any atom is -0.444 e. The van der Waals surface area contributed by atoms with Crippen molar-refractivity contribution in [2.24, 2.45) is 5.92 Å². The van der Waals surface area contributed by atoms with E-state index >= 15 is 0 Å². The molecule has 0 aromatic rings. The van der Waals surface area contributed by atoms with Crippen LogP contribution in [0.4, 0.5) is 4.79 Å². The number of carbonyl (C=O) groups is 2. The number of rotatable bonds is 6. The van der Waals surface area contributed by atoms with Crippen molar-refractivity contribution in [1.82, 2.24) is 5.32 Å².